The summed E-state index contributed by atoms with van der Waals surface area (Å²) in [5.41, 5.74) is 9.94. The number of nitrogens with two attached hydrogens (primary N) is 1. The van der Waals surface area contributed by atoms with Crippen molar-refractivity contribution < 1.29 is 4.74 Å². The van der Waals surface area contributed by atoms with E-state index < -0.39 is 0 Å². The van der Waals surface area contributed by atoms with Gasteiger partial charge in [0, 0.05) is 0 Å². The first-order chi connectivity index (χ1) is 6.70. The van der Waals surface area contributed by atoms with Gasteiger partial charge in [-0.15, -0.1) is 0 Å². The molecule has 14 heavy (non-hydrogen) atoms. The molecule has 1 aromatic carbocycles. The average Bonchev–Trinajstić information content (AvgIpc) is 2.17. The Bertz CT molecular complexity index is 319. The predicted octanol–water partition coefficient (Wildman–Crippen LogP) is 2.34. The van der Waals surface area contributed by atoms with Crippen LogP contribution in [0, 0.1) is 0 Å². The van der Waals surface area contributed by atoms with Crippen LogP contribution in [0.15, 0.2) is 18.2 Å². The Morgan fingerprint density at radius 2 is 2.21 bits per heavy atom. The van der Waals surface area contributed by atoms with Crippen molar-refractivity contribution in [3.05, 3.63) is 34.9 Å². The predicted molar refractivity (Wildman–Crippen MR) is 57.1 cm³/mol. The number of fused-ring (bicyclic) bond motifs is 1. The maximum absolute atomic E-state index is 5.99. The van der Waals surface area contributed by atoms with Gasteiger partial charge in [-0.1, -0.05) is 32.0 Å². The SMILES string of the molecule is CC(C)c1cccc2c1COC[C@@H]2N. The fraction of sp³-hybridized carbons (Fsp3) is 0.500. The molecule has 0 saturated heterocycles. The molecule has 0 bridgehead atoms. The molecule has 0 saturated carbocycles. The fourth-order valence-electron chi connectivity index (χ4n) is 2.06. The normalized spacial score (nSPS) is 21.0. The molecule has 2 heteroatoms. The summed E-state index contributed by atoms with van der Waals surface area (Å²) in [6.07, 6.45) is 0. The van der Waals surface area contributed by atoms with Crippen molar-refractivity contribution in [2.75, 3.05) is 6.61 Å². The van der Waals surface area contributed by atoms with Crippen LogP contribution in [0.1, 0.15) is 42.5 Å². The molecule has 0 unspecified atom stereocenters. The fourth-order valence-corrected chi connectivity index (χ4v) is 2.06. The lowest BCUT2D eigenvalue weighted by molar-refractivity contribution is 0.0915. The van der Waals surface area contributed by atoms with Gasteiger partial charge >= 0.3 is 0 Å². The molecule has 0 amide bonds. The molecule has 0 fully saturated rings. The largest absolute Gasteiger partial charge is 0.375 e. The Balaban J connectivity index is 2.49. The van der Waals surface area contributed by atoms with Gasteiger partial charge in [-0.2, -0.15) is 0 Å². The van der Waals surface area contributed by atoms with Gasteiger partial charge in [0.15, 0.2) is 0 Å². The van der Waals surface area contributed by atoms with Crippen LogP contribution in [0.4, 0.5) is 0 Å². The van der Waals surface area contributed by atoms with E-state index in [2.05, 4.69) is 32.0 Å². The van der Waals surface area contributed by atoms with E-state index in [-0.39, 0.29) is 6.04 Å². The smallest absolute Gasteiger partial charge is 0.0723 e. The van der Waals surface area contributed by atoms with E-state index in [4.69, 9.17) is 10.5 Å². The molecule has 0 aromatic heterocycles. The van der Waals surface area contributed by atoms with Crippen molar-refractivity contribution in [1.29, 1.82) is 0 Å². The van der Waals surface area contributed by atoms with Crippen LogP contribution < -0.4 is 5.73 Å². The molecular formula is C12H17NO. The van der Waals surface area contributed by atoms with Gasteiger partial charge < -0.3 is 10.5 Å². The maximum atomic E-state index is 5.99. The number of benzene rings is 1. The summed E-state index contributed by atoms with van der Waals surface area (Å²) in [5, 5.41) is 0. The lowest BCUT2D eigenvalue weighted by Gasteiger charge is -2.26. The van der Waals surface area contributed by atoms with E-state index in [0.29, 0.717) is 12.5 Å². The van der Waals surface area contributed by atoms with E-state index in [1.165, 1.54) is 16.7 Å². The first-order valence-electron chi connectivity index (χ1n) is 5.15. The van der Waals surface area contributed by atoms with Gasteiger partial charge in [0.05, 0.1) is 19.3 Å². The summed E-state index contributed by atoms with van der Waals surface area (Å²) < 4.78 is 5.47. The first kappa shape index (κ1) is 9.69. The summed E-state index contributed by atoms with van der Waals surface area (Å²) in [7, 11) is 0. The molecule has 2 nitrogen and oxygen atoms in total. The highest BCUT2D eigenvalue weighted by Crippen LogP contribution is 2.29. The Hall–Kier alpha value is -0.860. The highest BCUT2D eigenvalue weighted by Gasteiger charge is 2.20. The third-order valence-electron chi connectivity index (χ3n) is 2.81. The Labute approximate surface area is 85.1 Å². The molecule has 1 aliphatic heterocycles. The number of hydrogen-bond acceptors (Lipinski definition) is 2. The third-order valence-corrected chi connectivity index (χ3v) is 2.81. The summed E-state index contributed by atoms with van der Waals surface area (Å²) >= 11 is 0. The van der Waals surface area contributed by atoms with Crippen LogP contribution >= 0.6 is 0 Å². The summed E-state index contributed by atoms with van der Waals surface area (Å²) in [5.74, 6) is 0.541. The minimum absolute atomic E-state index is 0.0532. The van der Waals surface area contributed by atoms with E-state index in [9.17, 15) is 0 Å². The zero-order valence-corrected chi connectivity index (χ0v) is 8.79. The highest BCUT2D eigenvalue weighted by molar-refractivity contribution is 5.39. The second-order valence-corrected chi connectivity index (χ2v) is 4.19. The third kappa shape index (κ3) is 1.56. The molecule has 1 atom stereocenters. The molecule has 2 N–H and O–H groups in total. The molecule has 76 valence electrons. The molecule has 1 aromatic rings. The van der Waals surface area contributed by atoms with Crippen molar-refractivity contribution in [2.45, 2.75) is 32.4 Å². The topological polar surface area (TPSA) is 35.2 Å². The van der Waals surface area contributed by atoms with Crippen LogP contribution in [0.25, 0.3) is 0 Å². The minimum Gasteiger partial charge on any atom is -0.375 e. The van der Waals surface area contributed by atoms with Gasteiger partial charge in [0.25, 0.3) is 0 Å². The van der Waals surface area contributed by atoms with Gasteiger partial charge in [-0.25, -0.2) is 0 Å². The van der Waals surface area contributed by atoms with Crippen LogP contribution in [0.3, 0.4) is 0 Å². The number of hydrogen-bond donors (Lipinski definition) is 1. The summed E-state index contributed by atoms with van der Waals surface area (Å²) in [6, 6.07) is 6.44. The standard InChI is InChI=1S/C12H17NO/c1-8(2)9-4-3-5-10-11(9)6-14-7-12(10)13/h3-5,8,12H,6-7,13H2,1-2H3/t12-/m0/s1. The second-order valence-electron chi connectivity index (χ2n) is 4.19. The van der Waals surface area contributed by atoms with Crippen LogP contribution in [0.2, 0.25) is 0 Å². The van der Waals surface area contributed by atoms with Gasteiger partial charge in [-0.3, -0.25) is 0 Å². The van der Waals surface area contributed by atoms with Gasteiger partial charge in [0.1, 0.15) is 0 Å². The minimum atomic E-state index is 0.0532. The van der Waals surface area contributed by atoms with E-state index in [1.807, 2.05) is 0 Å². The van der Waals surface area contributed by atoms with Crippen LogP contribution in [-0.4, -0.2) is 6.61 Å². The molecule has 2 rings (SSSR count). The average molecular weight is 191 g/mol. The molecule has 1 heterocycles. The van der Waals surface area contributed by atoms with Crippen molar-refractivity contribution in [3.8, 4) is 0 Å². The van der Waals surface area contributed by atoms with Crippen molar-refractivity contribution >= 4 is 0 Å². The van der Waals surface area contributed by atoms with E-state index >= 15 is 0 Å². The van der Waals surface area contributed by atoms with Crippen LogP contribution in [0.5, 0.6) is 0 Å². The molecule has 0 spiro atoms. The summed E-state index contributed by atoms with van der Waals surface area (Å²) in [6.45, 7) is 5.78. The Morgan fingerprint density at radius 3 is 2.93 bits per heavy atom. The zero-order chi connectivity index (χ0) is 10.1. The molecular weight excluding hydrogens is 174 g/mol. The quantitative estimate of drug-likeness (QED) is 0.739. The summed E-state index contributed by atoms with van der Waals surface area (Å²) in [4.78, 5) is 0. The Kier molecular flexibility index (Phi) is 2.57. The zero-order valence-electron chi connectivity index (χ0n) is 8.79. The van der Waals surface area contributed by atoms with Crippen molar-refractivity contribution in [3.63, 3.8) is 0 Å². The van der Waals surface area contributed by atoms with Crippen molar-refractivity contribution in [2.24, 2.45) is 5.73 Å². The van der Waals surface area contributed by atoms with E-state index in [1.54, 1.807) is 0 Å². The first-order valence-corrected chi connectivity index (χ1v) is 5.15. The van der Waals surface area contributed by atoms with Crippen LogP contribution in [-0.2, 0) is 11.3 Å². The van der Waals surface area contributed by atoms with Gasteiger partial charge in [0.2, 0.25) is 0 Å². The molecule has 0 radical (unpaired) electrons. The maximum Gasteiger partial charge on any atom is 0.0723 e. The lowest BCUT2D eigenvalue weighted by atomic mass is 9.90. The highest BCUT2D eigenvalue weighted by atomic mass is 16.5. The molecule has 1 aliphatic rings. The van der Waals surface area contributed by atoms with Crippen molar-refractivity contribution in [1.82, 2.24) is 0 Å². The lowest BCUT2D eigenvalue weighted by Crippen LogP contribution is -2.24. The molecule has 0 aliphatic carbocycles. The monoisotopic (exact) mass is 191 g/mol. The number of rotatable bonds is 1. The van der Waals surface area contributed by atoms with Gasteiger partial charge in [-0.05, 0) is 22.6 Å². The second kappa shape index (κ2) is 3.71. The van der Waals surface area contributed by atoms with E-state index in [0.717, 1.165) is 6.61 Å². The number of ether oxygens (including phenoxy) is 1. The Morgan fingerprint density at radius 1 is 1.43 bits per heavy atom.